The fraction of sp³-hybridized carbons (Fsp3) is 0.625. The monoisotopic (exact) mass is 444 g/mol. The fourth-order valence-corrected chi connectivity index (χ4v) is 5.51. The molecule has 0 saturated carbocycles. The lowest BCUT2D eigenvalue weighted by Crippen LogP contribution is -2.56. The zero-order valence-corrected chi connectivity index (χ0v) is 20.4. The summed E-state index contributed by atoms with van der Waals surface area (Å²) in [5.74, 6) is 0.314. The van der Waals surface area contributed by atoms with E-state index in [-0.39, 0.29) is 29.3 Å². The molecule has 170 valence electrons. The van der Waals surface area contributed by atoms with Crippen LogP contribution in [0.2, 0.25) is 0 Å². The first-order chi connectivity index (χ1) is 14.6. The number of thiazole rings is 1. The van der Waals surface area contributed by atoms with Gasteiger partial charge in [0.05, 0.1) is 23.3 Å². The molecule has 6 nitrogen and oxygen atoms in total. The smallest absolute Gasteiger partial charge is 0.243 e. The molecular weight excluding hydrogens is 408 g/mol. The van der Waals surface area contributed by atoms with Crippen LogP contribution in [0.4, 0.5) is 0 Å². The number of carbonyl (C=O) groups excluding carboxylic acids is 2. The predicted octanol–water partition coefficient (Wildman–Crippen LogP) is 3.55. The van der Waals surface area contributed by atoms with Gasteiger partial charge in [-0.25, -0.2) is 4.98 Å². The maximum Gasteiger partial charge on any atom is 0.243 e. The highest BCUT2D eigenvalue weighted by atomic mass is 32.1. The van der Waals surface area contributed by atoms with Crippen LogP contribution >= 0.6 is 11.3 Å². The molecule has 2 N–H and O–H groups in total. The molecule has 2 heterocycles. The van der Waals surface area contributed by atoms with E-state index in [0.29, 0.717) is 18.9 Å². The standard InChI is InChI=1S/C24H36N4O2S/c1-15(17-9-11-18(12-10-17)20-16(2)26-14-31-20)27-22(29)19-8-7-13-28(19)23(30)21(25-6)24(3,4)5/h9-11,14-15,18-19,21,25H,7-8,12-13H2,1-6H3,(H,27,29). The quantitative estimate of drug-likeness (QED) is 0.704. The normalized spacial score (nSPS) is 23.4. The van der Waals surface area contributed by atoms with Gasteiger partial charge in [-0.3, -0.25) is 9.59 Å². The second-order valence-corrected chi connectivity index (χ2v) is 10.6. The Labute approximate surface area is 190 Å². The van der Waals surface area contributed by atoms with E-state index in [4.69, 9.17) is 0 Å². The van der Waals surface area contributed by atoms with Gasteiger partial charge in [-0.1, -0.05) is 39.0 Å². The Hall–Kier alpha value is -1.99. The minimum absolute atomic E-state index is 0.0137. The Morgan fingerprint density at radius 2 is 2.06 bits per heavy atom. The predicted molar refractivity (Wildman–Crippen MR) is 126 cm³/mol. The van der Waals surface area contributed by atoms with Crippen molar-refractivity contribution in [1.82, 2.24) is 20.5 Å². The van der Waals surface area contributed by atoms with Gasteiger partial charge in [-0.2, -0.15) is 0 Å². The topological polar surface area (TPSA) is 74.3 Å². The molecular formula is C24H36N4O2S. The second kappa shape index (κ2) is 9.65. The van der Waals surface area contributed by atoms with E-state index in [1.165, 1.54) is 4.88 Å². The van der Waals surface area contributed by atoms with Crippen LogP contribution in [-0.4, -0.2) is 53.4 Å². The average molecular weight is 445 g/mol. The van der Waals surface area contributed by atoms with E-state index < -0.39 is 6.04 Å². The van der Waals surface area contributed by atoms with Crippen LogP contribution in [-0.2, 0) is 9.59 Å². The van der Waals surface area contributed by atoms with Crippen LogP contribution in [0.15, 0.2) is 29.3 Å². The minimum Gasteiger partial charge on any atom is -0.348 e. The van der Waals surface area contributed by atoms with Gasteiger partial charge in [0, 0.05) is 17.3 Å². The highest BCUT2D eigenvalue weighted by Crippen LogP contribution is 2.32. The average Bonchev–Trinajstić information content (AvgIpc) is 3.36. The Balaban J connectivity index is 1.61. The third-order valence-corrected chi connectivity index (χ3v) is 7.41. The number of nitrogens with zero attached hydrogens (tertiary/aromatic N) is 2. The minimum atomic E-state index is -0.395. The van der Waals surface area contributed by atoms with Gasteiger partial charge >= 0.3 is 0 Å². The summed E-state index contributed by atoms with van der Waals surface area (Å²) < 4.78 is 0. The number of aryl methyl sites for hydroxylation is 1. The van der Waals surface area contributed by atoms with Crippen molar-refractivity contribution in [1.29, 1.82) is 0 Å². The lowest BCUT2D eigenvalue weighted by Gasteiger charge is -2.35. The Kier molecular flexibility index (Phi) is 7.37. The highest BCUT2D eigenvalue weighted by molar-refractivity contribution is 7.09. The van der Waals surface area contributed by atoms with Crippen molar-refractivity contribution < 1.29 is 9.59 Å². The Morgan fingerprint density at radius 1 is 1.32 bits per heavy atom. The van der Waals surface area contributed by atoms with Crippen molar-refractivity contribution in [3.63, 3.8) is 0 Å². The number of hydrogen-bond acceptors (Lipinski definition) is 5. The summed E-state index contributed by atoms with van der Waals surface area (Å²) in [7, 11) is 1.81. The number of rotatable bonds is 6. The van der Waals surface area contributed by atoms with Gasteiger partial charge in [0.2, 0.25) is 11.8 Å². The van der Waals surface area contributed by atoms with Gasteiger partial charge in [0.15, 0.2) is 0 Å². The fourth-order valence-electron chi connectivity index (χ4n) is 4.61. The number of aromatic nitrogens is 1. The van der Waals surface area contributed by atoms with Gasteiger partial charge in [-0.15, -0.1) is 11.3 Å². The Morgan fingerprint density at radius 3 is 2.61 bits per heavy atom. The Bertz CT molecular complexity index is 867. The van der Waals surface area contributed by atoms with Gasteiger partial charge in [0.25, 0.3) is 0 Å². The molecule has 1 aromatic heterocycles. The number of carbonyl (C=O) groups is 2. The third-order valence-electron chi connectivity index (χ3n) is 6.35. The first kappa shape index (κ1) is 23.7. The molecule has 0 bridgehead atoms. The van der Waals surface area contributed by atoms with E-state index in [9.17, 15) is 9.59 Å². The first-order valence-electron chi connectivity index (χ1n) is 11.2. The van der Waals surface area contributed by atoms with Crippen molar-refractivity contribution in [2.75, 3.05) is 13.6 Å². The molecule has 0 spiro atoms. The number of likely N-dealkylation sites (N-methyl/N-ethyl adjacent to an activating group) is 1. The van der Waals surface area contributed by atoms with Crippen molar-refractivity contribution in [3.05, 3.63) is 39.9 Å². The molecule has 4 unspecified atom stereocenters. The zero-order chi connectivity index (χ0) is 22.8. The summed E-state index contributed by atoms with van der Waals surface area (Å²) in [6.07, 6.45) is 9.03. The van der Waals surface area contributed by atoms with Crippen LogP contribution in [0.25, 0.3) is 0 Å². The number of nitrogens with one attached hydrogen (secondary N) is 2. The summed E-state index contributed by atoms with van der Waals surface area (Å²) in [4.78, 5) is 33.7. The number of amides is 2. The van der Waals surface area contributed by atoms with Crippen LogP contribution in [0.1, 0.15) is 63.4 Å². The molecule has 1 fully saturated rings. The molecule has 1 aromatic rings. The molecule has 0 radical (unpaired) electrons. The van der Waals surface area contributed by atoms with Crippen molar-refractivity contribution >= 4 is 23.2 Å². The summed E-state index contributed by atoms with van der Waals surface area (Å²) in [5, 5.41) is 6.30. The molecule has 2 aliphatic rings. The highest BCUT2D eigenvalue weighted by Gasteiger charge is 2.40. The van der Waals surface area contributed by atoms with Gasteiger partial charge in [-0.05, 0) is 51.1 Å². The molecule has 1 aliphatic carbocycles. The maximum absolute atomic E-state index is 13.2. The molecule has 0 aromatic carbocycles. The number of allylic oxidation sites excluding steroid dienone is 2. The molecule has 7 heteroatoms. The molecule has 4 atom stereocenters. The molecule has 2 amide bonds. The van der Waals surface area contributed by atoms with E-state index in [0.717, 1.165) is 24.1 Å². The van der Waals surface area contributed by atoms with Gasteiger partial charge in [0.1, 0.15) is 6.04 Å². The largest absolute Gasteiger partial charge is 0.348 e. The SMILES string of the molecule is CNC(C(=O)N1CCCC1C(=O)NC(C)C1=CCC(c2scnc2C)C=C1)C(C)(C)C. The lowest BCUT2D eigenvalue weighted by atomic mass is 9.86. The first-order valence-corrected chi connectivity index (χ1v) is 12.1. The zero-order valence-electron chi connectivity index (χ0n) is 19.6. The summed E-state index contributed by atoms with van der Waals surface area (Å²) in [6, 6.07) is -0.795. The van der Waals surface area contributed by atoms with E-state index in [2.05, 4.69) is 40.8 Å². The lowest BCUT2D eigenvalue weighted by molar-refractivity contribution is -0.142. The molecule has 3 rings (SSSR count). The van der Waals surface area contributed by atoms with Crippen molar-refractivity contribution in [2.24, 2.45) is 5.41 Å². The van der Waals surface area contributed by atoms with Crippen LogP contribution in [0.3, 0.4) is 0 Å². The summed E-state index contributed by atoms with van der Waals surface area (Å²) in [6.45, 7) is 10.8. The second-order valence-electron chi connectivity index (χ2n) is 9.72. The number of hydrogen-bond donors (Lipinski definition) is 2. The van der Waals surface area contributed by atoms with Crippen molar-refractivity contribution in [3.8, 4) is 0 Å². The van der Waals surface area contributed by atoms with E-state index in [1.54, 1.807) is 16.2 Å². The molecule has 1 aliphatic heterocycles. The van der Waals surface area contributed by atoms with Crippen LogP contribution < -0.4 is 10.6 Å². The van der Waals surface area contributed by atoms with Crippen LogP contribution in [0.5, 0.6) is 0 Å². The number of likely N-dealkylation sites (tertiary alicyclic amines) is 1. The van der Waals surface area contributed by atoms with E-state index in [1.807, 2.05) is 40.3 Å². The van der Waals surface area contributed by atoms with Crippen molar-refractivity contribution in [2.45, 2.75) is 77.9 Å². The summed E-state index contributed by atoms with van der Waals surface area (Å²) in [5.41, 5.74) is 3.89. The van der Waals surface area contributed by atoms with Gasteiger partial charge < -0.3 is 15.5 Å². The third kappa shape index (κ3) is 5.26. The maximum atomic E-state index is 13.2. The van der Waals surface area contributed by atoms with E-state index >= 15 is 0 Å². The summed E-state index contributed by atoms with van der Waals surface area (Å²) >= 11 is 1.70. The molecule has 31 heavy (non-hydrogen) atoms. The molecule has 1 saturated heterocycles. The van der Waals surface area contributed by atoms with Crippen LogP contribution in [0, 0.1) is 12.3 Å².